The van der Waals surface area contributed by atoms with Crippen LogP contribution in [0.2, 0.25) is 0 Å². The molecule has 0 aromatic heterocycles. The van der Waals surface area contributed by atoms with Gasteiger partial charge in [0.2, 0.25) is 0 Å². The molecule has 6 heteroatoms. The van der Waals surface area contributed by atoms with Crippen LogP contribution in [0.1, 0.15) is 36.5 Å². The highest BCUT2D eigenvalue weighted by Gasteiger charge is 2.23. The van der Waals surface area contributed by atoms with Crippen molar-refractivity contribution in [1.82, 2.24) is 4.90 Å². The van der Waals surface area contributed by atoms with Gasteiger partial charge in [-0.1, -0.05) is 13.3 Å². The molecule has 114 valence electrons. The second-order valence-corrected chi connectivity index (χ2v) is 5.26. The number of amides is 2. The molecule has 1 aliphatic heterocycles. The number of rotatable bonds is 3. The number of hydrogen-bond donors (Lipinski definition) is 2. The first kappa shape index (κ1) is 15.3. The number of halogens is 1. The number of anilines is 1. The number of nitrogens with one attached hydrogen (secondary N) is 1. The summed E-state index contributed by atoms with van der Waals surface area (Å²) in [5, 5.41) is 11.6. The van der Waals surface area contributed by atoms with Crippen LogP contribution in [0.15, 0.2) is 18.2 Å². The lowest BCUT2D eigenvalue weighted by atomic mass is 9.95. The Balaban J connectivity index is 2.06. The molecule has 0 aliphatic carbocycles. The maximum Gasteiger partial charge on any atom is 0.337 e. The molecule has 2 N–H and O–H groups in total. The molecule has 0 atom stereocenters. The number of urea groups is 1. The zero-order valence-corrected chi connectivity index (χ0v) is 11.9. The molecule has 1 aromatic carbocycles. The van der Waals surface area contributed by atoms with Crippen molar-refractivity contribution in [2.24, 2.45) is 5.92 Å². The second-order valence-electron chi connectivity index (χ2n) is 5.26. The molecule has 0 unspecified atom stereocenters. The van der Waals surface area contributed by atoms with Gasteiger partial charge in [0.05, 0.1) is 11.3 Å². The summed E-state index contributed by atoms with van der Waals surface area (Å²) in [5.74, 6) is -1.15. The highest BCUT2D eigenvalue weighted by molar-refractivity contribution is 6.00. The summed E-state index contributed by atoms with van der Waals surface area (Å²) >= 11 is 0. The van der Waals surface area contributed by atoms with E-state index in [9.17, 15) is 14.0 Å². The first-order valence-electron chi connectivity index (χ1n) is 7.10. The van der Waals surface area contributed by atoms with Crippen LogP contribution >= 0.6 is 0 Å². The van der Waals surface area contributed by atoms with Gasteiger partial charge in [-0.2, -0.15) is 0 Å². The molecule has 1 aliphatic rings. The Kier molecular flexibility index (Phi) is 4.77. The SMILES string of the molecule is CCC1CCN(C(=O)Nc2cc(F)ccc2C(=O)O)CC1. The van der Waals surface area contributed by atoms with E-state index in [1.165, 1.54) is 0 Å². The van der Waals surface area contributed by atoms with Crippen molar-refractivity contribution in [1.29, 1.82) is 0 Å². The number of hydrogen-bond acceptors (Lipinski definition) is 2. The quantitative estimate of drug-likeness (QED) is 0.899. The average molecular weight is 294 g/mol. The minimum atomic E-state index is -1.20. The summed E-state index contributed by atoms with van der Waals surface area (Å²) in [4.78, 5) is 24.9. The number of nitrogens with zero attached hydrogens (tertiary/aromatic N) is 1. The monoisotopic (exact) mass is 294 g/mol. The molecular weight excluding hydrogens is 275 g/mol. The second kappa shape index (κ2) is 6.56. The maximum absolute atomic E-state index is 13.2. The fraction of sp³-hybridized carbons (Fsp3) is 0.467. The molecule has 2 amide bonds. The zero-order chi connectivity index (χ0) is 15.4. The normalized spacial score (nSPS) is 15.8. The van der Waals surface area contributed by atoms with E-state index in [0.29, 0.717) is 19.0 Å². The summed E-state index contributed by atoms with van der Waals surface area (Å²) in [6.07, 6.45) is 2.99. The van der Waals surface area contributed by atoms with E-state index in [1.54, 1.807) is 4.90 Å². The summed E-state index contributed by atoms with van der Waals surface area (Å²) < 4.78 is 13.2. The molecule has 1 aromatic rings. The predicted molar refractivity (Wildman–Crippen MR) is 77.0 cm³/mol. The third kappa shape index (κ3) is 3.71. The Hall–Kier alpha value is -2.11. The Morgan fingerprint density at radius 2 is 2.05 bits per heavy atom. The van der Waals surface area contributed by atoms with Crippen LogP contribution in [0.5, 0.6) is 0 Å². The van der Waals surface area contributed by atoms with Gasteiger partial charge in [0, 0.05) is 13.1 Å². The molecule has 1 fully saturated rings. The van der Waals surface area contributed by atoms with Crippen LogP contribution in [0.3, 0.4) is 0 Å². The van der Waals surface area contributed by atoms with E-state index >= 15 is 0 Å². The van der Waals surface area contributed by atoms with Crippen molar-refractivity contribution in [3.63, 3.8) is 0 Å². The number of carboxylic acids is 1. The molecule has 1 heterocycles. The molecule has 5 nitrogen and oxygen atoms in total. The predicted octanol–water partition coefficient (Wildman–Crippen LogP) is 3.18. The van der Waals surface area contributed by atoms with Crippen molar-refractivity contribution < 1.29 is 19.1 Å². The van der Waals surface area contributed by atoms with Crippen LogP contribution < -0.4 is 5.32 Å². The summed E-state index contributed by atoms with van der Waals surface area (Å²) in [7, 11) is 0. The van der Waals surface area contributed by atoms with Gasteiger partial charge in [-0.3, -0.25) is 0 Å². The number of likely N-dealkylation sites (tertiary alicyclic amines) is 1. The highest BCUT2D eigenvalue weighted by atomic mass is 19.1. The number of aromatic carboxylic acids is 1. The average Bonchev–Trinajstić information content (AvgIpc) is 2.47. The van der Waals surface area contributed by atoms with E-state index in [4.69, 9.17) is 5.11 Å². The lowest BCUT2D eigenvalue weighted by molar-refractivity contribution is 0.0698. The van der Waals surface area contributed by atoms with E-state index in [2.05, 4.69) is 12.2 Å². The lowest BCUT2D eigenvalue weighted by Gasteiger charge is -2.31. The number of piperidine rings is 1. The number of carbonyl (C=O) groups is 2. The van der Waals surface area contributed by atoms with Gasteiger partial charge in [-0.05, 0) is 37.0 Å². The smallest absolute Gasteiger partial charge is 0.337 e. The Labute approximate surface area is 122 Å². The lowest BCUT2D eigenvalue weighted by Crippen LogP contribution is -2.41. The fourth-order valence-electron chi connectivity index (χ4n) is 2.54. The number of carboxylic acid groups (broad SMARTS) is 1. The first-order valence-corrected chi connectivity index (χ1v) is 7.10. The van der Waals surface area contributed by atoms with Gasteiger partial charge in [-0.15, -0.1) is 0 Å². The Morgan fingerprint density at radius 3 is 2.62 bits per heavy atom. The fourth-order valence-corrected chi connectivity index (χ4v) is 2.54. The third-order valence-electron chi connectivity index (χ3n) is 3.93. The van der Waals surface area contributed by atoms with Crippen LogP contribution in [0.25, 0.3) is 0 Å². The molecule has 21 heavy (non-hydrogen) atoms. The molecule has 1 saturated heterocycles. The topological polar surface area (TPSA) is 69.6 Å². The van der Waals surface area contributed by atoms with Gasteiger partial charge in [0.15, 0.2) is 0 Å². The number of carbonyl (C=O) groups excluding carboxylic acids is 1. The van der Waals surface area contributed by atoms with Gasteiger partial charge < -0.3 is 15.3 Å². The van der Waals surface area contributed by atoms with Crippen LogP contribution in [0, 0.1) is 11.7 Å². The van der Waals surface area contributed by atoms with Gasteiger partial charge in [0.25, 0.3) is 0 Å². The minimum absolute atomic E-state index is 0.00915. The largest absolute Gasteiger partial charge is 0.478 e. The van der Waals surface area contributed by atoms with Crippen LogP contribution in [-0.4, -0.2) is 35.1 Å². The van der Waals surface area contributed by atoms with Crippen LogP contribution in [-0.2, 0) is 0 Å². The maximum atomic E-state index is 13.2. The minimum Gasteiger partial charge on any atom is -0.478 e. The van der Waals surface area contributed by atoms with E-state index < -0.39 is 11.8 Å². The molecule has 0 saturated carbocycles. The van der Waals surface area contributed by atoms with Crippen molar-refractivity contribution in [2.45, 2.75) is 26.2 Å². The summed E-state index contributed by atoms with van der Waals surface area (Å²) in [6.45, 7) is 3.41. The highest BCUT2D eigenvalue weighted by Crippen LogP contribution is 2.22. The van der Waals surface area contributed by atoms with E-state index in [-0.39, 0.29) is 17.3 Å². The van der Waals surface area contributed by atoms with Crippen LogP contribution in [0.4, 0.5) is 14.9 Å². The van der Waals surface area contributed by atoms with Crippen molar-refractivity contribution in [2.75, 3.05) is 18.4 Å². The molecular formula is C15H19FN2O3. The molecule has 0 bridgehead atoms. The van der Waals surface area contributed by atoms with Gasteiger partial charge in [-0.25, -0.2) is 14.0 Å². The van der Waals surface area contributed by atoms with Crippen molar-refractivity contribution in [3.05, 3.63) is 29.6 Å². The summed E-state index contributed by atoms with van der Waals surface area (Å²) in [6, 6.07) is 2.86. The first-order chi connectivity index (χ1) is 10.0. The Morgan fingerprint density at radius 1 is 1.38 bits per heavy atom. The third-order valence-corrected chi connectivity index (χ3v) is 3.93. The zero-order valence-electron chi connectivity index (χ0n) is 11.9. The number of benzene rings is 1. The van der Waals surface area contributed by atoms with Crippen molar-refractivity contribution in [3.8, 4) is 0 Å². The van der Waals surface area contributed by atoms with Gasteiger partial charge in [0.1, 0.15) is 5.82 Å². The molecule has 2 rings (SSSR count). The summed E-state index contributed by atoms with van der Waals surface area (Å²) in [5.41, 5.74) is -0.127. The molecule has 0 spiro atoms. The van der Waals surface area contributed by atoms with E-state index in [0.717, 1.165) is 37.5 Å². The van der Waals surface area contributed by atoms with Gasteiger partial charge >= 0.3 is 12.0 Å². The van der Waals surface area contributed by atoms with E-state index in [1.807, 2.05) is 0 Å². The molecule has 0 radical (unpaired) electrons. The standard InChI is InChI=1S/C15H19FN2O3/c1-2-10-5-7-18(8-6-10)15(21)17-13-9-11(16)3-4-12(13)14(19)20/h3-4,9-10H,2,5-8H2,1H3,(H,17,21)(H,19,20). The van der Waals surface area contributed by atoms with Crippen molar-refractivity contribution >= 4 is 17.7 Å². The Bertz CT molecular complexity index is 540.